The summed E-state index contributed by atoms with van der Waals surface area (Å²) in [7, 11) is 0. The number of carbonyl (C=O) groups is 1. The molecule has 0 bridgehead atoms. The highest BCUT2D eigenvalue weighted by molar-refractivity contribution is 6.31. The van der Waals surface area contributed by atoms with Crippen LogP contribution in [0.2, 0.25) is 5.02 Å². The van der Waals surface area contributed by atoms with Crippen molar-refractivity contribution >= 4 is 34.1 Å². The van der Waals surface area contributed by atoms with Gasteiger partial charge in [-0.3, -0.25) is 4.79 Å². The first kappa shape index (κ1) is 16.7. The fourth-order valence-corrected chi connectivity index (χ4v) is 3.50. The van der Waals surface area contributed by atoms with E-state index in [1.807, 2.05) is 48.5 Å². The molecule has 4 rings (SSSR count). The zero-order valence-electron chi connectivity index (χ0n) is 14.1. The second kappa shape index (κ2) is 6.84. The van der Waals surface area contributed by atoms with E-state index >= 15 is 0 Å². The molecule has 1 amide bonds. The molecule has 26 heavy (non-hydrogen) atoms. The number of ether oxygens (including phenoxy) is 1. The van der Waals surface area contributed by atoms with Gasteiger partial charge in [-0.15, -0.1) is 0 Å². The zero-order chi connectivity index (χ0) is 18.1. The minimum Gasteiger partial charge on any atom is -0.472 e. The maximum Gasteiger partial charge on any atom is 0.250 e. The van der Waals surface area contributed by atoms with Crippen LogP contribution in [0, 0.1) is 0 Å². The molecule has 1 aromatic heterocycles. The number of amides is 1. The predicted octanol–water partition coefficient (Wildman–Crippen LogP) is 3.64. The monoisotopic (exact) mass is 367 g/mol. The van der Waals surface area contributed by atoms with Crippen LogP contribution < -0.4 is 15.4 Å². The third-order valence-electron chi connectivity index (χ3n) is 4.57. The number of pyridine rings is 1. The molecule has 1 atom stereocenters. The maximum atomic E-state index is 11.6. The molecule has 0 spiro atoms. The molecule has 2 N–H and O–H groups in total. The van der Waals surface area contributed by atoms with Crippen LogP contribution in [0.25, 0.3) is 10.9 Å². The Balaban J connectivity index is 1.50. The van der Waals surface area contributed by atoms with Crippen molar-refractivity contribution in [2.45, 2.75) is 12.5 Å². The van der Waals surface area contributed by atoms with Crippen LogP contribution in [0.4, 0.5) is 5.69 Å². The summed E-state index contributed by atoms with van der Waals surface area (Å²) in [6.45, 7) is 1.49. The number of primary amides is 1. The number of halogens is 1. The molecule has 2 heterocycles. The fourth-order valence-electron chi connectivity index (χ4n) is 3.32. The third kappa shape index (κ3) is 3.30. The summed E-state index contributed by atoms with van der Waals surface area (Å²) in [5, 5.41) is 1.67. The zero-order valence-corrected chi connectivity index (χ0v) is 14.8. The van der Waals surface area contributed by atoms with Crippen LogP contribution in [-0.2, 0) is 0 Å². The van der Waals surface area contributed by atoms with Crippen molar-refractivity contribution in [1.29, 1.82) is 0 Å². The van der Waals surface area contributed by atoms with Gasteiger partial charge in [0.1, 0.15) is 6.10 Å². The van der Waals surface area contributed by atoms with Crippen molar-refractivity contribution in [2.24, 2.45) is 5.73 Å². The number of hydrogen-bond donors (Lipinski definition) is 1. The highest BCUT2D eigenvalue weighted by Crippen LogP contribution is 2.27. The Kier molecular flexibility index (Phi) is 4.39. The molecular weight excluding hydrogens is 350 g/mol. The second-order valence-electron chi connectivity index (χ2n) is 6.34. The Morgan fingerprint density at radius 1 is 1.19 bits per heavy atom. The van der Waals surface area contributed by atoms with Crippen LogP contribution >= 0.6 is 11.6 Å². The van der Waals surface area contributed by atoms with E-state index < -0.39 is 5.91 Å². The van der Waals surface area contributed by atoms with Crippen molar-refractivity contribution in [3.8, 4) is 5.88 Å². The minimum atomic E-state index is -0.417. The lowest BCUT2D eigenvalue weighted by Gasteiger charge is -2.21. The largest absolute Gasteiger partial charge is 0.472 e. The Hall–Kier alpha value is -2.79. The molecule has 5 nitrogen and oxygen atoms in total. The van der Waals surface area contributed by atoms with Gasteiger partial charge in [0.25, 0.3) is 5.91 Å². The van der Waals surface area contributed by atoms with Gasteiger partial charge in [-0.1, -0.05) is 23.7 Å². The van der Waals surface area contributed by atoms with E-state index in [9.17, 15) is 4.79 Å². The number of anilines is 1. The van der Waals surface area contributed by atoms with Gasteiger partial charge in [-0.25, -0.2) is 4.98 Å². The number of nitrogens with two attached hydrogens (primary N) is 1. The van der Waals surface area contributed by atoms with Crippen LogP contribution in [0.15, 0.2) is 54.6 Å². The summed E-state index contributed by atoms with van der Waals surface area (Å²) < 4.78 is 6.06. The molecule has 132 valence electrons. The first-order valence-corrected chi connectivity index (χ1v) is 8.85. The van der Waals surface area contributed by atoms with E-state index in [1.54, 1.807) is 6.07 Å². The van der Waals surface area contributed by atoms with Crippen molar-refractivity contribution in [3.05, 3.63) is 65.2 Å². The average Bonchev–Trinajstić information content (AvgIpc) is 3.10. The average molecular weight is 368 g/mol. The Morgan fingerprint density at radius 3 is 2.88 bits per heavy atom. The summed E-state index contributed by atoms with van der Waals surface area (Å²) in [6.07, 6.45) is 0.862. The van der Waals surface area contributed by atoms with E-state index in [0.717, 1.165) is 29.6 Å². The van der Waals surface area contributed by atoms with Crippen LogP contribution in [0.1, 0.15) is 16.8 Å². The first-order chi connectivity index (χ1) is 12.6. The molecule has 2 aromatic carbocycles. The molecular formula is C20H18ClN3O2. The molecule has 0 unspecified atom stereocenters. The molecule has 1 saturated heterocycles. The third-order valence-corrected chi connectivity index (χ3v) is 4.80. The topological polar surface area (TPSA) is 68.5 Å². The summed E-state index contributed by atoms with van der Waals surface area (Å²) in [5.74, 6) is 0.176. The Morgan fingerprint density at radius 2 is 2.04 bits per heavy atom. The van der Waals surface area contributed by atoms with Crippen molar-refractivity contribution < 1.29 is 9.53 Å². The normalized spacial score (nSPS) is 16.8. The second-order valence-corrected chi connectivity index (χ2v) is 6.78. The molecule has 1 fully saturated rings. The van der Waals surface area contributed by atoms with E-state index in [1.165, 1.54) is 0 Å². The van der Waals surface area contributed by atoms with Gasteiger partial charge in [0.2, 0.25) is 5.88 Å². The lowest BCUT2D eigenvalue weighted by molar-refractivity contribution is 0.100. The van der Waals surface area contributed by atoms with Crippen molar-refractivity contribution in [1.82, 2.24) is 4.98 Å². The van der Waals surface area contributed by atoms with Crippen LogP contribution in [-0.4, -0.2) is 30.1 Å². The van der Waals surface area contributed by atoms with E-state index in [4.69, 9.17) is 22.1 Å². The summed E-state index contributed by atoms with van der Waals surface area (Å²) in [4.78, 5) is 18.3. The van der Waals surface area contributed by atoms with Gasteiger partial charge in [0.15, 0.2) is 0 Å². The number of nitrogens with zero attached hydrogens (tertiary/aromatic N) is 2. The summed E-state index contributed by atoms with van der Waals surface area (Å²) in [6, 6.07) is 16.8. The summed E-state index contributed by atoms with van der Waals surface area (Å²) >= 11 is 6.01. The SMILES string of the molecule is NC(=O)c1ccccc1N1CC[C@H](Oc2ccc3cc(Cl)ccc3n2)C1. The fraction of sp³-hybridized carbons (Fsp3) is 0.200. The van der Waals surface area contributed by atoms with Crippen LogP contribution in [0.3, 0.4) is 0 Å². The quantitative estimate of drug-likeness (QED) is 0.764. The first-order valence-electron chi connectivity index (χ1n) is 8.47. The predicted molar refractivity (Wildman–Crippen MR) is 103 cm³/mol. The van der Waals surface area contributed by atoms with Gasteiger partial charge >= 0.3 is 0 Å². The van der Waals surface area contributed by atoms with Gasteiger partial charge in [0, 0.05) is 35.1 Å². The number of hydrogen-bond acceptors (Lipinski definition) is 4. The van der Waals surface area contributed by atoms with Gasteiger partial charge in [0.05, 0.1) is 17.6 Å². The number of carbonyl (C=O) groups excluding carboxylic acids is 1. The maximum absolute atomic E-state index is 11.6. The highest BCUT2D eigenvalue weighted by Gasteiger charge is 2.26. The van der Waals surface area contributed by atoms with Crippen molar-refractivity contribution in [3.63, 3.8) is 0 Å². The number of aromatic nitrogens is 1. The standard InChI is InChI=1S/C20H18ClN3O2/c21-14-6-7-17-13(11-14)5-8-19(23-17)26-15-9-10-24(12-15)18-4-2-1-3-16(18)20(22)25/h1-8,11,15H,9-10,12H2,(H2,22,25)/t15-/m0/s1. The molecule has 0 saturated carbocycles. The highest BCUT2D eigenvalue weighted by atomic mass is 35.5. The molecule has 3 aromatic rings. The number of rotatable bonds is 4. The lowest BCUT2D eigenvalue weighted by atomic mass is 10.1. The number of benzene rings is 2. The number of para-hydroxylation sites is 1. The molecule has 6 heteroatoms. The number of fused-ring (bicyclic) bond motifs is 1. The molecule has 0 aliphatic carbocycles. The molecule has 1 aliphatic rings. The molecule has 1 aliphatic heterocycles. The van der Waals surface area contributed by atoms with Crippen LogP contribution in [0.5, 0.6) is 5.88 Å². The lowest BCUT2D eigenvalue weighted by Crippen LogP contribution is -2.27. The Bertz CT molecular complexity index is 976. The smallest absolute Gasteiger partial charge is 0.250 e. The van der Waals surface area contributed by atoms with Gasteiger partial charge < -0.3 is 15.4 Å². The van der Waals surface area contributed by atoms with Gasteiger partial charge in [-0.05, 0) is 36.4 Å². The minimum absolute atomic E-state index is 0.00758. The molecule has 0 radical (unpaired) electrons. The van der Waals surface area contributed by atoms with E-state index in [2.05, 4.69) is 9.88 Å². The van der Waals surface area contributed by atoms with E-state index in [0.29, 0.717) is 23.0 Å². The Labute approximate surface area is 156 Å². The van der Waals surface area contributed by atoms with E-state index in [-0.39, 0.29) is 6.10 Å². The van der Waals surface area contributed by atoms with Gasteiger partial charge in [-0.2, -0.15) is 0 Å². The summed E-state index contributed by atoms with van der Waals surface area (Å²) in [5.41, 5.74) is 7.73. The van der Waals surface area contributed by atoms with Crippen molar-refractivity contribution in [2.75, 3.05) is 18.0 Å².